The van der Waals surface area contributed by atoms with E-state index in [1.165, 1.54) is 0 Å². The normalized spacial score (nSPS) is 10.4. The molecule has 0 unspecified atom stereocenters. The van der Waals surface area contributed by atoms with Crippen LogP contribution in [0.4, 0.5) is 0 Å². The van der Waals surface area contributed by atoms with Crippen LogP contribution in [0, 0.1) is 0 Å². The van der Waals surface area contributed by atoms with Crippen LogP contribution in [-0.2, 0) is 28.9 Å². The predicted octanol–water partition coefficient (Wildman–Crippen LogP) is 3.89. The van der Waals surface area contributed by atoms with E-state index < -0.39 is 10.5 Å². The third-order valence-electron chi connectivity index (χ3n) is 3.18. The molecule has 0 fully saturated rings. The third kappa shape index (κ3) is 5.00. The van der Waals surface area contributed by atoms with Gasteiger partial charge >= 0.3 is 0 Å². The third-order valence-corrected chi connectivity index (χ3v) is 3.45. The second kappa shape index (κ2) is 7.39. The lowest BCUT2D eigenvalue weighted by Gasteiger charge is -2.10. The van der Waals surface area contributed by atoms with Crippen molar-refractivity contribution >= 4 is 33.7 Å². The number of carbonyl (C=O) groups is 2. The summed E-state index contributed by atoms with van der Waals surface area (Å²) in [6, 6.07) is 15.5. The summed E-state index contributed by atoms with van der Waals surface area (Å²) in [6.45, 7) is 0. The van der Waals surface area contributed by atoms with Crippen molar-refractivity contribution in [2.24, 2.45) is 0 Å². The van der Waals surface area contributed by atoms with Crippen molar-refractivity contribution in [2.45, 2.75) is 19.3 Å². The van der Waals surface area contributed by atoms with Crippen LogP contribution in [0.5, 0.6) is 0 Å². The molecule has 108 valence electrons. The Bertz CT molecular complexity index is 651. The molecular formula is C17H14Cl2O2. The highest BCUT2D eigenvalue weighted by molar-refractivity contribution is 6.64. The van der Waals surface area contributed by atoms with E-state index in [2.05, 4.69) is 0 Å². The maximum Gasteiger partial charge on any atom is 0.226 e. The Balaban J connectivity index is 2.33. The van der Waals surface area contributed by atoms with E-state index in [4.69, 9.17) is 23.2 Å². The predicted molar refractivity (Wildman–Crippen MR) is 84.8 cm³/mol. The topological polar surface area (TPSA) is 34.1 Å². The molecular weight excluding hydrogens is 307 g/mol. The first kappa shape index (κ1) is 15.7. The molecule has 0 aliphatic carbocycles. The fourth-order valence-corrected chi connectivity index (χ4v) is 2.55. The van der Waals surface area contributed by atoms with Gasteiger partial charge in [0.2, 0.25) is 10.5 Å². The zero-order chi connectivity index (χ0) is 15.2. The Morgan fingerprint density at radius 1 is 0.762 bits per heavy atom. The average Bonchev–Trinajstić information content (AvgIpc) is 2.42. The molecule has 0 aliphatic rings. The van der Waals surface area contributed by atoms with Gasteiger partial charge in [-0.25, -0.2) is 0 Å². The Morgan fingerprint density at radius 3 is 2.05 bits per heavy atom. The van der Waals surface area contributed by atoms with Crippen LogP contribution in [0.3, 0.4) is 0 Å². The van der Waals surface area contributed by atoms with Gasteiger partial charge in [-0.1, -0.05) is 48.5 Å². The van der Waals surface area contributed by atoms with E-state index in [0.29, 0.717) is 6.42 Å². The Hall–Kier alpha value is -1.64. The van der Waals surface area contributed by atoms with Crippen molar-refractivity contribution in [3.05, 3.63) is 70.8 Å². The van der Waals surface area contributed by atoms with Crippen molar-refractivity contribution in [3.63, 3.8) is 0 Å². The van der Waals surface area contributed by atoms with E-state index in [9.17, 15) is 9.59 Å². The first-order valence-electron chi connectivity index (χ1n) is 6.56. The van der Waals surface area contributed by atoms with Gasteiger partial charge in [0.1, 0.15) is 0 Å². The molecule has 0 spiro atoms. The fraction of sp³-hybridized carbons (Fsp3) is 0.176. The summed E-state index contributed by atoms with van der Waals surface area (Å²) in [5, 5.41) is -0.799. The van der Waals surface area contributed by atoms with Crippen LogP contribution >= 0.6 is 23.2 Å². The SMILES string of the molecule is O=C(Cl)Cc1ccc(CC(=O)Cl)c(Cc2ccccc2)c1. The molecule has 2 aromatic carbocycles. The van der Waals surface area contributed by atoms with Gasteiger partial charge in [0, 0.05) is 12.8 Å². The maximum absolute atomic E-state index is 11.2. The second-order valence-corrected chi connectivity index (χ2v) is 5.67. The zero-order valence-electron chi connectivity index (χ0n) is 11.3. The molecule has 0 amide bonds. The van der Waals surface area contributed by atoms with Crippen LogP contribution in [0.15, 0.2) is 48.5 Å². The smallest absolute Gasteiger partial charge is 0.226 e. The second-order valence-electron chi connectivity index (χ2n) is 4.83. The van der Waals surface area contributed by atoms with Crippen molar-refractivity contribution < 1.29 is 9.59 Å². The molecule has 0 N–H and O–H groups in total. The lowest BCUT2D eigenvalue weighted by atomic mass is 9.95. The van der Waals surface area contributed by atoms with Gasteiger partial charge in [-0.15, -0.1) is 0 Å². The monoisotopic (exact) mass is 320 g/mol. The molecule has 0 heterocycles. The summed E-state index contributed by atoms with van der Waals surface area (Å²) in [5.41, 5.74) is 3.84. The molecule has 0 bridgehead atoms. The highest BCUT2D eigenvalue weighted by Crippen LogP contribution is 2.19. The van der Waals surface area contributed by atoms with Crippen LogP contribution < -0.4 is 0 Å². The molecule has 2 nitrogen and oxygen atoms in total. The summed E-state index contributed by atoms with van der Waals surface area (Å²) in [7, 11) is 0. The van der Waals surface area contributed by atoms with E-state index in [1.807, 2.05) is 48.5 Å². The van der Waals surface area contributed by atoms with E-state index in [-0.39, 0.29) is 12.8 Å². The number of carbonyl (C=O) groups excluding carboxylic acids is 2. The van der Waals surface area contributed by atoms with Crippen molar-refractivity contribution in [3.8, 4) is 0 Å². The Labute approximate surface area is 133 Å². The van der Waals surface area contributed by atoms with Gasteiger partial charge in [0.25, 0.3) is 0 Å². The Morgan fingerprint density at radius 2 is 1.43 bits per heavy atom. The molecule has 2 aromatic rings. The van der Waals surface area contributed by atoms with Crippen LogP contribution in [0.1, 0.15) is 22.3 Å². The molecule has 0 saturated carbocycles. The molecule has 2 rings (SSSR count). The van der Waals surface area contributed by atoms with Gasteiger partial charge < -0.3 is 0 Å². The largest absolute Gasteiger partial charge is 0.281 e. The first-order chi connectivity index (χ1) is 10.0. The summed E-state index contributed by atoms with van der Waals surface area (Å²) < 4.78 is 0. The van der Waals surface area contributed by atoms with Gasteiger partial charge in [0.05, 0.1) is 0 Å². The molecule has 4 heteroatoms. The Kier molecular flexibility index (Phi) is 5.54. The molecule has 0 atom stereocenters. The molecule has 0 aliphatic heterocycles. The highest BCUT2D eigenvalue weighted by Gasteiger charge is 2.09. The lowest BCUT2D eigenvalue weighted by Crippen LogP contribution is -2.03. The van der Waals surface area contributed by atoms with Gasteiger partial charge in [-0.3, -0.25) is 9.59 Å². The number of hydrogen-bond acceptors (Lipinski definition) is 2. The van der Waals surface area contributed by atoms with Crippen LogP contribution in [0.2, 0.25) is 0 Å². The summed E-state index contributed by atoms with van der Waals surface area (Å²) >= 11 is 10.9. The van der Waals surface area contributed by atoms with Crippen molar-refractivity contribution in [2.75, 3.05) is 0 Å². The van der Waals surface area contributed by atoms with E-state index in [0.717, 1.165) is 22.3 Å². The fourth-order valence-electron chi connectivity index (χ4n) is 2.25. The van der Waals surface area contributed by atoms with E-state index >= 15 is 0 Å². The molecule has 0 aromatic heterocycles. The summed E-state index contributed by atoms with van der Waals surface area (Å²) in [5.74, 6) is 0. The minimum absolute atomic E-state index is 0.179. The highest BCUT2D eigenvalue weighted by atomic mass is 35.5. The minimum Gasteiger partial charge on any atom is -0.281 e. The molecule has 21 heavy (non-hydrogen) atoms. The first-order valence-corrected chi connectivity index (χ1v) is 7.31. The van der Waals surface area contributed by atoms with Gasteiger partial charge in [0.15, 0.2) is 0 Å². The minimum atomic E-state index is -0.401. The average molecular weight is 321 g/mol. The zero-order valence-corrected chi connectivity index (χ0v) is 12.8. The number of rotatable bonds is 6. The molecule has 0 radical (unpaired) electrons. The quantitative estimate of drug-likeness (QED) is 0.756. The van der Waals surface area contributed by atoms with Crippen LogP contribution in [-0.4, -0.2) is 10.5 Å². The van der Waals surface area contributed by atoms with Gasteiger partial charge in [-0.05, 0) is 51.9 Å². The van der Waals surface area contributed by atoms with Crippen molar-refractivity contribution in [1.29, 1.82) is 0 Å². The standard InChI is InChI=1S/C17H14Cl2O2/c18-16(20)10-13-6-7-14(11-17(19)21)15(9-13)8-12-4-2-1-3-5-12/h1-7,9H,8,10-11H2. The van der Waals surface area contributed by atoms with E-state index in [1.54, 1.807) is 0 Å². The number of benzene rings is 2. The summed E-state index contributed by atoms with van der Waals surface area (Å²) in [6.07, 6.45) is 1.04. The summed E-state index contributed by atoms with van der Waals surface area (Å²) in [4.78, 5) is 22.2. The van der Waals surface area contributed by atoms with Gasteiger partial charge in [-0.2, -0.15) is 0 Å². The maximum atomic E-state index is 11.2. The lowest BCUT2D eigenvalue weighted by molar-refractivity contribution is -0.112. The van der Waals surface area contributed by atoms with Crippen molar-refractivity contribution in [1.82, 2.24) is 0 Å². The number of hydrogen-bond donors (Lipinski definition) is 0. The number of halogens is 2. The van der Waals surface area contributed by atoms with Crippen LogP contribution in [0.25, 0.3) is 0 Å². The molecule has 0 saturated heterocycles.